The van der Waals surface area contributed by atoms with E-state index in [1.165, 1.54) is 23.1 Å². The van der Waals surface area contributed by atoms with E-state index in [-0.39, 0.29) is 12.1 Å². The molecular formula is C22H18FNO3. The summed E-state index contributed by atoms with van der Waals surface area (Å²) in [5.74, 6) is -0.270. The Balaban J connectivity index is 1.77. The molecule has 0 aromatic heterocycles. The van der Waals surface area contributed by atoms with Crippen LogP contribution in [0.4, 0.5) is 10.1 Å². The number of carbonyl (C=O) groups is 1. The van der Waals surface area contributed by atoms with Crippen LogP contribution in [-0.4, -0.2) is 18.1 Å². The van der Waals surface area contributed by atoms with Gasteiger partial charge < -0.3 is 14.7 Å². The number of ether oxygens (including phenoxy) is 1. The first-order chi connectivity index (χ1) is 13.0. The van der Waals surface area contributed by atoms with E-state index >= 15 is 0 Å². The van der Waals surface area contributed by atoms with Gasteiger partial charge in [0.05, 0.1) is 19.3 Å². The Morgan fingerprint density at radius 1 is 1.04 bits per heavy atom. The minimum absolute atomic E-state index is 0.220. The van der Waals surface area contributed by atoms with Crippen molar-refractivity contribution in [1.82, 2.24) is 0 Å². The predicted octanol–water partition coefficient (Wildman–Crippen LogP) is 3.62. The van der Waals surface area contributed by atoms with Crippen molar-refractivity contribution in [3.8, 4) is 5.75 Å². The monoisotopic (exact) mass is 363 g/mol. The van der Waals surface area contributed by atoms with Crippen LogP contribution in [0.15, 0.2) is 72.8 Å². The molecule has 3 aromatic carbocycles. The zero-order valence-corrected chi connectivity index (χ0v) is 14.7. The van der Waals surface area contributed by atoms with Crippen LogP contribution in [0.2, 0.25) is 0 Å². The standard InChI is InChI=1S/C22H18FNO3/c1-27-18-11-9-15(10-12-18)14-24-20-8-3-2-7-19(20)22(26,21(24)25)16-5-4-6-17(23)13-16/h2-13,26H,14H2,1H3/t22-/m0/s1. The zero-order chi connectivity index (χ0) is 19.0. The molecule has 1 amide bonds. The third-order valence-corrected chi connectivity index (χ3v) is 4.88. The number of fused-ring (bicyclic) bond motifs is 1. The molecular weight excluding hydrogens is 345 g/mol. The number of nitrogens with zero attached hydrogens (tertiary/aromatic N) is 1. The van der Waals surface area contributed by atoms with E-state index in [9.17, 15) is 14.3 Å². The van der Waals surface area contributed by atoms with Crippen molar-refractivity contribution in [3.05, 3.63) is 95.3 Å². The first-order valence-corrected chi connectivity index (χ1v) is 8.57. The molecule has 0 saturated carbocycles. The Bertz CT molecular complexity index is 1000. The van der Waals surface area contributed by atoms with Gasteiger partial charge in [0.25, 0.3) is 5.91 Å². The lowest BCUT2D eigenvalue weighted by Crippen LogP contribution is -2.40. The number of aliphatic hydroxyl groups is 1. The Morgan fingerprint density at radius 3 is 2.48 bits per heavy atom. The van der Waals surface area contributed by atoms with Gasteiger partial charge in [0.1, 0.15) is 11.6 Å². The number of halogens is 1. The lowest BCUT2D eigenvalue weighted by Gasteiger charge is -2.24. The second-order valence-corrected chi connectivity index (χ2v) is 6.48. The molecule has 136 valence electrons. The number of benzene rings is 3. The number of anilines is 1. The van der Waals surface area contributed by atoms with E-state index in [0.29, 0.717) is 11.3 Å². The van der Waals surface area contributed by atoms with Crippen LogP contribution in [0.1, 0.15) is 16.7 Å². The van der Waals surface area contributed by atoms with Crippen LogP contribution in [0.25, 0.3) is 0 Å². The van der Waals surface area contributed by atoms with Gasteiger partial charge in [-0.25, -0.2) is 4.39 Å². The molecule has 0 saturated heterocycles. The summed E-state index contributed by atoms with van der Waals surface area (Å²) >= 11 is 0. The van der Waals surface area contributed by atoms with Crippen molar-refractivity contribution in [2.24, 2.45) is 0 Å². The minimum atomic E-state index is -1.91. The van der Waals surface area contributed by atoms with Crippen LogP contribution in [-0.2, 0) is 16.9 Å². The fourth-order valence-electron chi connectivity index (χ4n) is 3.50. The molecule has 1 aliphatic rings. The van der Waals surface area contributed by atoms with Gasteiger partial charge in [0, 0.05) is 11.1 Å². The number of amides is 1. The maximum absolute atomic E-state index is 13.8. The lowest BCUT2D eigenvalue weighted by atomic mass is 9.87. The molecule has 4 rings (SSSR count). The molecule has 1 atom stereocenters. The highest BCUT2D eigenvalue weighted by Crippen LogP contribution is 2.45. The van der Waals surface area contributed by atoms with Crippen molar-refractivity contribution in [3.63, 3.8) is 0 Å². The number of methoxy groups -OCH3 is 1. The average molecular weight is 363 g/mol. The van der Waals surface area contributed by atoms with E-state index < -0.39 is 17.3 Å². The number of rotatable bonds is 4. The highest BCUT2D eigenvalue weighted by molar-refractivity contribution is 6.09. The summed E-state index contributed by atoms with van der Waals surface area (Å²) in [5, 5.41) is 11.4. The second-order valence-electron chi connectivity index (χ2n) is 6.48. The molecule has 1 N–H and O–H groups in total. The SMILES string of the molecule is COc1ccc(CN2C(=O)[C@](O)(c3cccc(F)c3)c3ccccc32)cc1. The van der Waals surface area contributed by atoms with Gasteiger partial charge in [0.2, 0.25) is 0 Å². The maximum atomic E-state index is 13.8. The number of hydrogen-bond acceptors (Lipinski definition) is 3. The van der Waals surface area contributed by atoms with E-state index in [1.807, 2.05) is 30.3 Å². The molecule has 3 aromatic rings. The van der Waals surface area contributed by atoms with E-state index in [4.69, 9.17) is 4.74 Å². The summed E-state index contributed by atoms with van der Waals surface area (Å²) in [7, 11) is 1.59. The summed E-state index contributed by atoms with van der Waals surface area (Å²) in [6.45, 7) is 0.289. The molecule has 0 bridgehead atoms. The molecule has 0 radical (unpaired) electrons. The highest BCUT2D eigenvalue weighted by Gasteiger charge is 2.50. The molecule has 0 fully saturated rings. The molecule has 5 heteroatoms. The maximum Gasteiger partial charge on any atom is 0.268 e. The van der Waals surface area contributed by atoms with Crippen LogP contribution >= 0.6 is 0 Å². The van der Waals surface area contributed by atoms with Gasteiger partial charge in [0.15, 0.2) is 5.60 Å². The molecule has 0 spiro atoms. The Morgan fingerprint density at radius 2 is 1.78 bits per heavy atom. The van der Waals surface area contributed by atoms with Crippen molar-refractivity contribution < 1.29 is 19.0 Å². The summed E-state index contributed by atoms with van der Waals surface area (Å²) in [6, 6.07) is 20.0. The minimum Gasteiger partial charge on any atom is -0.497 e. The Hall–Kier alpha value is -3.18. The summed E-state index contributed by atoms with van der Waals surface area (Å²) in [5.41, 5.74) is 0.268. The van der Waals surface area contributed by atoms with Crippen LogP contribution in [0.5, 0.6) is 5.75 Å². The fourth-order valence-corrected chi connectivity index (χ4v) is 3.50. The molecule has 0 unspecified atom stereocenters. The van der Waals surface area contributed by atoms with Crippen molar-refractivity contribution in [2.45, 2.75) is 12.1 Å². The molecule has 0 aliphatic carbocycles. The lowest BCUT2D eigenvalue weighted by molar-refractivity contribution is -0.132. The first kappa shape index (κ1) is 17.2. The average Bonchev–Trinajstić information content (AvgIpc) is 2.92. The Kier molecular flexibility index (Phi) is 4.16. The van der Waals surface area contributed by atoms with Gasteiger partial charge in [-0.1, -0.05) is 42.5 Å². The second kappa shape index (κ2) is 6.52. The summed E-state index contributed by atoms with van der Waals surface area (Å²) in [6.07, 6.45) is 0. The van der Waals surface area contributed by atoms with Gasteiger partial charge in [-0.3, -0.25) is 4.79 Å². The third kappa shape index (κ3) is 2.76. The number of carbonyl (C=O) groups excluding carboxylic acids is 1. The van der Waals surface area contributed by atoms with Gasteiger partial charge in [-0.15, -0.1) is 0 Å². The molecule has 4 nitrogen and oxygen atoms in total. The fraction of sp³-hybridized carbons (Fsp3) is 0.136. The van der Waals surface area contributed by atoms with Crippen molar-refractivity contribution in [2.75, 3.05) is 12.0 Å². The van der Waals surface area contributed by atoms with Crippen LogP contribution in [0, 0.1) is 5.82 Å². The number of para-hydroxylation sites is 1. The largest absolute Gasteiger partial charge is 0.497 e. The quantitative estimate of drug-likeness (QED) is 0.770. The molecule has 27 heavy (non-hydrogen) atoms. The topological polar surface area (TPSA) is 49.8 Å². The van der Waals surface area contributed by atoms with Crippen LogP contribution in [0.3, 0.4) is 0 Å². The molecule has 1 heterocycles. The van der Waals surface area contributed by atoms with Crippen molar-refractivity contribution in [1.29, 1.82) is 0 Å². The smallest absolute Gasteiger partial charge is 0.268 e. The highest BCUT2D eigenvalue weighted by atomic mass is 19.1. The van der Waals surface area contributed by atoms with Gasteiger partial charge in [-0.2, -0.15) is 0 Å². The van der Waals surface area contributed by atoms with Crippen LogP contribution < -0.4 is 9.64 Å². The Labute approximate surface area is 156 Å². The number of hydrogen-bond donors (Lipinski definition) is 1. The first-order valence-electron chi connectivity index (χ1n) is 8.57. The normalized spacial score (nSPS) is 18.5. The third-order valence-electron chi connectivity index (χ3n) is 4.88. The van der Waals surface area contributed by atoms with E-state index in [0.717, 1.165) is 11.3 Å². The van der Waals surface area contributed by atoms with Gasteiger partial charge >= 0.3 is 0 Å². The predicted molar refractivity (Wildman–Crippen MR) is 100 cm³/mol. The zero-order valence-electron chi connectivity index (χ0n) is 14.7. The van der Waals surface area contributed by atoms with Gasteiger partial charge in [-0.05, 0) is 35.9 Å². The van der Waals surface area contributed by atoms with E-state index in [2.05, 4.69) is 0 Å². The summed E-state index contributed by atoms with van der Waals surface area (Å²) in [4.78, 5) is 14.8. The molecule has 1 aliphatic heterocycles. The van der Waals surface area contributed by atoms with Crippen molar-refractivity contribution >= 4 is 11.6 Å². The summed E-state index contributed by atoms with van der Waals surface area (Å²) < 4.78 is 18.9. The van der Waals surface area contributed by atoms with E-state index in [1.54, 1.807) is 31.4 Å².